The first-order valence-corrected chi connectivity index (χ1v) is 5.00. The number of rotatable bonds is 3. The highest BCUT2D eigenvalue weighted by molar-refractivity contribution is 5.74. The zero-order chi connectivity index (χ0) is 11.7. The number of imidazole rings is 1. The van der Waals surface area contributed by atoms with Gasteiger partial charge in [0.25, 0.3) is 11.5 Å². The summed E-state index contributed by atoms with van der Waals surface area (Å²) in [6.45, 7) is 0.307. The molecule has 0 aliphatic heterocycles. The first-order chi connectivity index (χ1) is 8.33. The third-order valence-corrected chi connectivity index (χ3v) is 2.25. The van der Waals surface area contributed by atoms with E-state index in [1.54, 1.807) is 12.3 Å². The Morgan fingerprint density at radius 1 is 1.53 bits per heavy atom. The topological polar surface area (TPSA) is 104 Å². The number of aromatic amines is 2. The maximum Gasteiger partial charge on any atom is 0.392 e. The molecule has 3 rings (SSSR count). The molecule has 0 spiro atoms. The standard InChI is InChI=1S/C10H9N5O2/c11-10-14-8-7(12-5-13-8)9(15-10)17-4-6-2-1-3-16-6/h1-3,5H,4H2,(H3,11,12,13,14,15)/p+1. The summed E-state index contributed by atoms with van der Waals surface area (Å²) in [4.78, 5) is 13.8. The summed E-state index contributed by atoms with van der Waals surface area (Å²) in [5, 5.41) is 0. The highest BCUT2D eigenvalue weighted by Gasteiger charge is 2.14. The Bertz CT molecular complexity index is 631. The second-order valence-electron chi connectivity index (χ2n) is 3.42. The normalized spacial score (nSPS) is 10.8. The van der Waals surface area contributed by atoms with Crippen LogP contribution in [0.3, 0.4) is 0 Å². The van der Waals surface area contributed by atoms with E-state index in [-0.39, 0.29) is 5.95 Å². The van der Waals surface area contributed by atoms with E-state index in [0.717, 1.165) is 5.76 Å². The first kappa shape index (κ1) is 9.64. The summed E-state index contributed by atoms with van der Waals surface area (Å²) in [5.74, 6) is 1.46. The fourth-order valence-electron chi connectivity index (χ4n) is 1.51. The van der Waals surface area contributed by atoms with Gasteiger partial charge >= 0.3 is 5.95 Å². The van der Waals surface area contributed by atoms with Gasteiger partial charge in [-0.25, -0.2) is 9.97 Å². The van der Waals surface area contributed by atoms with Gasteiger partial charge in [-0.05, 0) is 17.1 Å². The molecule has 4 N–H and O–H groups in total. The van der Waals surface area contributed by atoms with Crippen LogP contribution in [-0.4, -0.2) is 15.0 Å². The van der Waals surface area contributed by atoms with E-state index in [9.17, 15) is 0 Å². The van der Waals surface area contributed by atoms with Crippen LogP contribution in [0, 0.1) is 0 Å². The second kappa shape index (κ2) is 3.78. The lowest BCUT2D eigenvalue weighted by atomic mass is 10.5. The smallest absolute Gasteiger partial charge is 0.392 e. The minimum atomic E-state index is 0.249. The van der Waals surface area contributed by atoms with Gasteiger partial charge in [0.15, 0.2) is 5.52 Å². The molecule has 7 heteroatoms. The van der Waals surface area contributed by atoms with Crippen molar-refractivity contribution >= 4 is 17.1 Å². The number of fused-ring (bicyclic) bond motifs is 1. The summed E-state index contributed by atoms with van der Waals surface area (Å²) in [6.07, 6.45) is 3.12. The van der Waals surface area contributed by atoms with E-state index in [1.165, 1.54) is 6.33 Å². The van der Waals surface area contributed by atoms with Gasteiger partial charge in [0.05, 0.1) is 12.6 Å². The van der Waals surface area contributed by atoms with Crippen LogP contribution in [0.4, 0.5) is 5.95 Å². The van der Waals surface area contributed by atoms with Gasteiger partial charge in [0.2, 0.25) is 0 Å². The number of nitrogens with zero attached hydrogens (tertiary/aromatic N) is 2. The molecule has 7 nitrogen and oxygen atoms in total. The molecule has 86 valence electrons. The largest absolute Gasteiger partial charge is 0.466 e. The molecule has 0 aliphatic carbocycles. The van der Waals surface area contributed by atoms with E-state index < -0.39 is 0 Å². The summed E-state index contributed by atoms with van der Waals surface area (Å²) >= 11 is 0. The lowest BCUT2D eigenvalue weighted by Crippen LogP contribution is -2.17. The van der Waals surface area contributed by atoms with Gasteiger partial charge in [-0.15, -0.1) is 0 Å². The predicted molar refractivity (Wildman–Crippen MR) is 57.9 cm³/mol. The highest BCUT2D eigenvalue weighted by atomic mass is 16.5. The van der Waals surface area contributed by atoms with Crippen molar-refractivity contribution in [2.24, 2.45) is 0 Å². The molecule has 0 radical (unpaired) electrons. The van der Waals surface area contributed by atoms with E-state index in [1.807, 2.05) is 6.07 Å². The highest BCUT2D eigenvalue weighted by Crippen LogP contribution is 2.17. The number of nitrogens with two attached hydrogens (primary N) is 1. The minimum absolute atomic E-state index is 0.249. The van der Waals surface area contributed by atoms with Crippen LogP contribution in [0.2, 0.25) is 0 Å². The van der Waals surface area contributed by atoms with Gasteiger partial charge in [-0.3, -0.25) is 5.73 Å². The lowest BCUT2D eigenvalue weighted by molar-refractivity contribution is -0.380. The van der Waals surface area contributed by atoms with Crippen LogP contribution in [0.5, 0.6) is 5.88 Å². The fraction of sp³-hybridized carbons (Fsp3) is 0.100. The Labute approximate surface area is 95.7 Å². The SMILES string of the molecule is Nc1nc2nc[nH]c2c(OCc2ccco2)[nH+]1. The van der Waals surface area contributed by atoms with Crippen molar-refractivity contribution in [3.8, 4) is 5.88 Å². The maximum absolute atomic E-state index is 5.61. The molecule has 0 aromatic carbocycles. The van der Waals surface area contributed by atoms with Crippen molar-refractivity contribution in [1.29, 1.82) is 0 Å². The third kappa shape index (κ3) is 1.78. The molecule has 17 heavy (non-hydrogen) atoms. The maximum atomic E-state index is 5.61. The number of aromatic nitrogens is 4. The Morgan fingerprint density at radius 3 is 3.29 bits per heavy atom. The molecular formula is C10H10N5O2+. The molecule has 0 aliphatic rings. The van der Waals surface area contributed by atoms with Gasteiger partial charge in [-0.2, -0.15) is 0 Å². The van der Waals surface area contributed by atoms with E-state index in [4.69, 9.17) is 14.9 Å². The molecule has 3 heterocycles. The monoisotopic (exact) mass is 232 g/mol. The summed E-state index contributed by atoms with van der Waals surface area (Å²) in [7, 11) is 0. The summed E-state index contributed by atoms with van der Waals surface area (Å²) in [6, 6.07) is 3.63. The Hall–Kier alpha value is -2.57. The van der Waals surface area contributed by atoms with Gasteiger partial charge in [-0.1, -0.05) is 0 Å². The summed E-state index contributed by atoms with van der Waals surface area (Å²) < 4.78 is 10.7. The van der Waals surface area contributed by atoms with Crippen LogP contribution in [0.15, 0.2) is 29.1 Å². The molecule has 3 aromatic heterocycles. The molecular weight excluding hydrogens is 222 g/mol. The van der Waals surface area contributed by atoms with Crippen molar-refractivity contribution in [2.75, 3.05) is 5.73 Å². The van der Waals surface area contributed by atoms with Crippen molar-refractivity contribution in [3.63, 3.8) is 0 Å². The number of furan rings is 1. The average molecular weight is 232 g/mol. The molecule has 0 saturated heterocycles. The van der Waals surface area contributed by atoms with Crippen LogP contribution >= 0.6 is 0 Å². The number of hydrogen-bond donors (Lipinski definition) is 2. The molecule has 3 aromatic rings. The number of nitrogen functional groups attached to an aromatic ring is 1. The Balaban J connectivity index is 1.91. The molecule has 0 bridgehead atoms. The minimum Gasteiger partial charge on any atom is -0.466 e. The van der Waals surface area contributed by atoms with Crippen LogP contribution < -0.4 is 15.5 Å². The van der Waals surface area contributed by atoms with E-state index >= 15 is 0 Å². The van der Waals surface area contributed by atoms with Crippen LogP contribution in [0.25, 0.3) is 11.2 Å². The van der Waals surface area contributed by atoms with Crippen molar-refractivity contribution in [1.82, 2.24) is 15.0 Å². The molecule has 0 saturated carbocycles. The number of nitrogens with one attached hydrogen (secondary N) is 2. The molecule has 0 atom stereocenters. The zero-order valence-electron chi connectivity index (χ0n) is 8.80. The summed E-state index contributed by atoms with van der Waals surface area (Å²) in [5.41, 5.74) is 6.79. The predicted octanol–water partition coefficient (Wildman–Crippen LogP) is 0.526. The van der Waals surface area contributed by atoms with Crippen molar-refractivity contribution < 1.29 is 14.1 Å². The fourth-order valence-corrected chi connectivity index (χ4v) is 1.51. The van der Waals surface area contributed by atoms with Crippen LogP contribution in [-0.2, 0) is 6.61 Å². The number of hydrogen-bond acceptors (Lipinski definition) is 5. The Morgan fingerprint density at radius 2 is 2.47 bits per heavy atom. The van der Waals surface area contributed by atoms with Gasteiger partial charge in [0, 0.05) is 0 Å². The number of ether oxygens (including phenoxy) is 1. The van der Waals surface area contributed by atoms with Gasteiger partial charge < -0.3 is 14.1 Å². The van der Waals surface area contributed by atoms with Gasteiger partial charge in [0.1, 0.15) is 12.4 Å². The van der Waals surface area contributed by atoms with E-state index in [0.29, 0.717) is 23.7 Å². The molecule has 0 fully saturated rings. The quantitative estimate of drug-likeness (QED) is 0.685. The first-order valence-electron chi connectivity index (χ1n) is 5.00. The third-order valence-electron chi connectivity index (χ3n) is 2.25. The van der Waals surface area contributed by atoms with E-state index in [2.05, 4.69) is 19.9 Å². The average Bonchev–Trinajstić information content (AvgIpc) is 2.95. The second-order valence-corrected chi connectivity index (χ2v) is 3.42. The number of H-pyrrole nitrogens is 2. The number of anilines is 1. The lowest BCUT2D eigenvalue weighted by Gasteiger charge is -2.01. The van der Waals surface area contributed by atoms with Crippen molar-refractivity contribution in [3.05, 3.63) is 30.5 Å². The molecule has 0 unspecified atom stereocenters. The van der Waals surface area contributed by atoms with Crippen LogP contribution in [0.1, 0.15) is 5.76 Å². The molecule has 0 amide bonds. The zero-order valence-corrected chi connectivity index (χ0v) is 8.80. The van der Waals surface area contributed by atoms with Crippen molar-refractivity contribution in [2.45, 2.75) is 6.61 Å². The Kier molecular flexibility index (Phi) is 2.14.